The fourth-order valence-electron chi connectivity index (χ4n) is 2.95. The van der Waals surface area contributed by atoms with Crippen molar-refractivity contribution in [2.45, 2.75) is 38.9 Å². The molecule has 0 spiro atoms. The highest BCUT2D eigenvalue weighted by atomic mass is 16.5. The molecule has 0 aliphatic carbocycles. The van der Waals surface area contributed by atoms with E-state index >= 15 is 0 Å². The molecule has 0 bridgehead atoms. The number of benzene rings is 1. The molecule has 2 aromatic rings. The van der Waals surface area contributed by atoms with E-state index < -0.39 is 0 Å². The molecule has 106 valence electrons. The first-order valence-electron chi connectivity index (χ1n) is 7.09. The first-order valence-corrected chi connectivity index (χ1v) is 7.09. The summed E-state index contributed by atoms with van der Waals surface area (Å²) in [5, 5.41) is 3.99. The highest BCUT2D eigenvalue weighted by Gasteiger charge is 2.28. The van der Waals surface area contributed by atoms with E-state index in [1.165, 1.54) is 24.0 Å². The zero-order valence-electron chi connectivity index (χ0n) is 11.7. The van der Waals surface area contributed by atoms with Crippen molar-refractivity contribution < 1.29 is 4.52 Å². The van der Waals surface area contributed by atoms with Gasteiger partial charge in [0.2, 0.25) is 5.89 Å². The Labute approximate surface area is 118 Å². The standard InChI is InChI=1S/C15H20N4O/c1-11-5-2-3-6-12(11)13-7-4-8-19(13)10-14-17-15(9-16)20-18-14/h2-3,5-6,13H,4,7-10,16H2,1H3. The predicted molar refractivity (Wildman–Crippen MR) is 75.8 cm³/mol. The molecular formula is C15H20N4O. The summed E-state index contributed by atoms with van der Waals surface area (Å²) in [5.74, 6) is 1.23. The Bertz CT molecular complexity index is 581. The van der Waals surface area contributed by atoms with Crippen LogP contribution in [0.2, 0.25) is 0 Å². The van der Waals surface area contributed by atoms with Gasteiger partial charge in [0.15, 0.2) is 5.82 Å². The van der Waals surface area contributed by atoms with Crippen molar-refractivity contribution in [2.24, 2.45) is 5.73 Å². The summed E-state index contributed by atoms with van der Waals surface area (Å²) in [7, 11) is 0. The van der Waals surface area contributed by atoms with Crippen LogP contribution >= 0.6 is 0 Å². The van der Waals surface area contributed by atoms with Crippen LogP contribution in [0.5, 0.6) is 0 Å². The SMILES string of the molecule is Cc1ccccc1C1CCCN1Cc1noc(CN)n1. The minimum absolute atomic E-state index is 0.300. The zero-order valence-corrected chi connectivity index (χ0v) is 11.7. The van der Waals surface area contributed by atoms with Crippen molar-refractivity contribution in [3.05, 3.63) is 47.1 Å². The lowest BCUT2D eigenvalue weighted by Crippen LogP contribution is -2.24. The van der Waals surface area contributed by atoms with E-state index in [1.807, 2.05) is 0 Å². The van der Waals surface area contributed by atoms with Gasteiger partial charge >= 0.3 is 0 Å². The Morgan fingerprint density at radius 2 is 2.25 bits per heavy atom. The van der Waals surface area contributed by atoms with Crippen LogP contribution in [0.25, 0.3) is 0 Å². The molecule has 5 heteroatoms. The Morgan fingerprint density at radius 1 is 1.40 bits per heavy atom. The third-order valence-electron chi connectivity index (χ3n) is 3.94. The minimum Gasteiger partial charge on any atom is -0.338 e. The Balaban J connectivity index is 1.77. The van der Waals surface area contributed by atoms with Gasteiger partial charge in [0.1, 0.15) is 0 Å². The maximum Gasteiger partial charge on any atom is 0.240 e. The van der Waals surface area contributed by atoms with Gasteiger partial charge in [-0.1, -0.05) is 29.4 Å². The summed E-state index contributed by atoms with van der Waals surface area (Å²) >= 11 is 0. The minimum atomic E-state index is 0.300. The van der Waals surface area contributed by atoms with Gasteiger partial charge in [-0.2, -0.15) is 4.98 Å². The first kappa shape index (κ1) is 13.3. The van der Waals surface area contributed by atoms with Crippen molar-refractivity contribution >= 4 is 0 Å². The lowest BCUT2D eigenvalue weighted by atomic mass is 9.99. The van der Waals surface area contributed by atoms with Gasteiger partial charge in [0, 0.05) is 6.04 Å². The topological polar surface area (TPSA) is 68.2 Å². The molecule has 20 heavy (non-hydrogen) atoms. The van der Waals surface area contributed by atoms with Gasteiger partial charge in [0.05, 0.1) is 13.1 Å². The number of rotatable bonds is 4. The van der Waals surface area contributed by atoms with E-state index in [4.69, 9.17) is 10.3 Å². The molecule has 1 unspecified atom stereocenters. The van der Waals surface area contributed by atoms with Crippen LogP contribution in [0.15, 0.2) is 28.8 Å². The van der Waals surface area contributed by atoms with E-state index in [2.05, 4.69) is 46.2 Å². The van der Waals surface area contributed by atoms with E-state index in [0.717, 1.165) is 18.9 Å². The van der Waals surface area contributed by atoms with Gasteiger partial charge in [0.25, 0.3) is 0 Å². The second kappa shape index (κ2) is 5.73. The number of likely N-dealkylation sites (tertiary alicyclic amines) is 1. The number of hydrogen-bond donors (Lipinski definition) is 1. The summed E-state index contributed by atoms with van der Waals surface area (Å²) in [4.78, 5) is 6.72. The molecule has 1 aliphatic heterocycles. The van der Waals surface area contributed by atoms with Gasteiger partial charge in [-0.05, 0) is 37.4 Å². The zero-order chi connectivity index (χ0) is 13.9. The van der Waals surface area contributed by atoms with E-state index in [9.17, 15) is 0 Å². The van der Waals surface area contributed by atoms with Crippen LogP contribution in [0.4, 0.5) is 0 Å². The van der Waals surface area contributed by atoms with Gasteiger partial charge in [-0.25, -0.2) is 0 Å². The molecule has 1 atom stereocenters. The van der Waals surface area contributed by atoms with Crippen molar-refractivity contribution in [1.29, 1.82) is 0 Å². The Kier molecular flexibility index (Phi) is 3.80. The largest absolute Gasteiger partial charge is 0.338 e. The molecule has 1 fully saturated rings. The van der Waals surface area contributed by atoms with Crippen molar-refractivity contribution in [3.8, 4) is 0 Å². The molecule has 5 nitrogen and oxygen atoms in total. The summed E-state index contributed by atoms with van der Waals surface area (Å²) in [6.45, 7) is 4.27. The normalized spacial score (nSPS) is 19.6. The monoisotopic (exact) mass is 272 g/mol. The Hall–Kier alpha value is -1.72. The molecule has 1 aromatic heterocycles. The fourth-order valence-corrected chi connectivity index (χ4v) is 2.95. The van der Waals surface area contributed by atoms with Crippen LogP contribution in [0, 0.1) is 6.92 Å². The second-order valence-corrected chi connectivity index (χ2v) is 5.29. The molecular weight excluding hydrogens is 252 g/mol. The van der Waals surface area contributed by atoms with Crippen LogP contribution in [0.3, 0.4) is 0 Å². The van der Waals surface area contributed by atoms with Crippen molar-refractivity contribution in [2.75, 3.05) is 6.54 Å². The summed E-state index contributed by atoms with van der Waals surface area (Å²) < 4.78 is 5.08. The number of hydrogen-bond acceptors (Lipinski definition) is 5. The molecule has 2 heterocycles. The molecule has 1 aromatic carbocycles. The molecule has 3 rings (SSSR count). The number of aryl methyl sites for hydroxylation is 1. The quantitative estimate of drug-likeness (QED) is 0.924. The Morgan fingerprint density at radius 3 is 3.00 bits per heavy atom. The molecule has 2 N–H and O–H groups in total. The van der Waals surface area contributed by atoms with E-state index in [-0.39, 0.29) is 0 Å². The maximum atomic E-state index is 5.50. The molecule has 0 amide bonds. The molecule has 1 aliphatic rings. The predicted octanol–water partition coefficient (Wildman–Crippen LogP) is 2.17. The van der Waals surface area contributed by atoms with Crippen LogP contribution in [-0.2, 0) is 13.1 Å². The van der Waals surface area contributed by atoms with Gasteiger partial charge in [-0.3, -0.25) is 4.90 Å². The van der Waals surface area contributed by atoms with E-state index in [0.29, 0.717) is 18.5 Å². The highest BCUT2D eigenvalue weighted by molar-refractivity contribution is 5.29. The maximum absolute atomic E-state index is 5.50. The van der Waals surface area contributed by atoms with Crippen molar-refractivity contribution in [3.63, 3.8) is 0 Å². The fraction of sp³-hybridized carbons (Fsp3) is 0.467. The van der Waals surface area contributed by atoms with Crippen LogP contribution in [-0.4, -0.2) is 21.6 Å². The second-order valence-electron chi connectivity index (χ2n) is 5.29. The average molecular weight is 272 g/mol. The highest BCUT2D eigenvalue weighted by Crippen LogP contribution is 2.34. The third-order valence-corrected chi connectivity index (χ3v) is 3.94. The lowest BCUT2D eigenvalue weighted by molar-refractivity contribution is 0.237. The lowest BCUT2D eigenvalue weighted by Gasteiger charge is -2.24. The third kappa shape index (κ3) is 2.59. The summed E-state index contributed by atoms with van der Waals surface area (Å²) in [6, 6.07) is 9.05. The molecule has 0 radical (unpaired) electrons. The summed E-state index contributed by atoms with van der Waals surface area (Å²) in [6.07, 6.45) is 2.40. The number of nitrogens with two attached hydrogens (primary N) is 1. The van der Waals surface area contributed by atoms with Crippen LogP contribution < -0.4 is 5.73 Å². The number of nitrogens with zero attached hydrogens (tertiary/aromatic N) is 3. The average Bonchev–Trinajstić information content (AvgIpc) is 3.09. The first-order chi connectivity index (χ1) is 9.78. The molecule has 1 saturated heterocycles. The van der Waals surface area contributed by atoms with Gasteiger partial charge < -0.3 is 10.3 Å². The summed E-state index contributed by atoms with van der Waals surface area (Å²) in [5.41, 5.74) is 8.26. The van der Waals surface area contributed by atoms with E-state index in [1.54, 1.807) is 0 Å². The number of aromatic nitrogens is 2. The van der Waals surface area contributed by atoms with Gasteiger partial charge in [-0.15, -0.1) is 0 Å². The smallest absolute Gasteiger partial charge is 0.240 e. The van der Waals surface area contributed by atoms with Crippen molar-refractivity contribution in [1.82, 2.24) is 15.0 Å². The van der Waals surface area contributed by atoms with Crippen LogP contribution in [0.1, 0.15) is 41.7 Å². The molecule has 0 saturated carbocycles.